The Morgan fingerprint density at radius 2 is 1.96 bits per heavy atom. The van der Waals surface area contributed by atoms with Gasteiger partial charge in [0.05, 0.1) is 13.2 Å². The summed E-state index contributed by atoms with van der Waals surface area (Å²) >= 11 is 0. The largest absolute Gasteiger partial charge is 0.493 e. The maximum atomic E-state index is 12.1. The van der Waals surface area contributed by atoms with E-state index in [-0.39, 0.29) is 12.1 Å². The molecule has 0 aliphatic heterocycles. The summed E-state index contributed by atoms with van der Waals surface area (Å²) < 4.78 is 16.2. The third-order valence-electron chi connectivity index (χ3n) is 4.05. The van der Waals surface area contributed by atoms with E-state index in [2.05, 4.69) is 20.8 Å². The number of urea groups is 1. The fourth-order valence-corrected chi connectivity index (χ4v) is 2.57. The molecule has 2 amide bonds. The Morgan fingerprint density at radius 3 is 2.64 bits per heavy atom. The molecule has 3 aromatic rings. The van der Waals surface area contributed by atoms with E-state index in [1.807, 2.05) is 37.3 Å². The van der Waals surface area contributed by atoms with Crippen LogP contribution in [0.1, 0.15) is 29.9 Å². The maximum Gasteiger partial charge on any atom is 0.320 e. The second-order valence-electron chi connectivity index (χ2n) is 6.20. The normalized spacial score (nSPS) is 11.5. The Hall–Kier alpha value is -3.55. The second kappa shape index (κ2) is 8.90. The molecule has 28 heavy (non-hydrogen) atoms. The molecule has 8 heteroatoms. The topological polar surface area (TPSA) is 98.5 Å². The zero-order valence-corrected chi connectivity index (χ0v) is 15.9. The number of amides is 2. The van der Waals surface area contributed by atoms with E-state index >= 15 is 0 Å². The van der Waals surface area contributed by atoms with Gasteiger partial charge in [-0.3, -0.25) is 10.3 Å². The number of carbonyl (C=O) groups excluding carboxylic acids is 1. The number of benzene rings is 1. The minimum Gasteiger partial charge on any atom is -0.493 e. The fourth-order valence-electron chi connectivity index (χ4n) is 2.57. The molecule has 0 aliphatic carbocycles. The SMILES string of the molecule is COc1cc([C@H](C)NC(=O)Nc2cc(C)on2)ccc1OCc1ccncc1. The van der Waals surface area contributed by atoms with Crippen molar-refractivity contribution in [2.75, 3.05) is 12.4 Å². The number of methoxy groups -OCH3 is 1. The lowest BCUT2D eigenvalue weighted by molar-refractivity contribution is 0.249. The van der Waals surface area contributed by atoms with Gasteiger partial charge in [0.1, 0.15) is 12.4 Å². The van der Waals surface area contributed by atoms with Crippen LogP contribution < -0.4 is 20.1 Å². The van der Waals surface area contributed by atoms with Crippen molar-refractivity contribution in [3.05, 3.63) is 65.7 Å². The average molecular weight is 382 g/mol. The molecule has 0 unspecified atom stereocenters. The minimum absolute atomic E-state index is 0.254. The summed E-state index contributed by atoms with van der Waals surface area (Å²) in [4.78, 5) is 16.1. The summed E-state index contributed by atoms with van der Waals surface area (Å²) in [5.41, 5.74) is 1.88. The molecular weight excluding hydrogens is 360 g/mol. The summed E-state index contributed by atoms with van der Waals surface area (Å²) in [6, 6.07) is 10.3. The lowest BCUT2D eigenvalue weighted by Gasteiger charge is -2.17. The van der Waals surface area contributed by atoms with Gasteiger partial charge < -0.3 is 19.3 Å². The number of hydrogen-bond donors (Lipinski definition) is 2. The number of hydrogen-bond acceptors (Lipinski definition) is 6. The number of ether oxygens (including phenoxy) is 2. The van der Waals surface area contributed by atoms with Crippen LogP contribution in [0.4, 0.5) is 10.6 Å². The molecule has 3 rings (SSSR count). The van der Waals surface area contributed by atoms with Gasteiger partial charge in [-0.15, -0.1) is 0 Å². The van der Waals surface area contributed by atoms with Crippen LogP contribution in [0.3, 0.4) is 0 Å². The number of nitrogens with zero attached hydrogens (tertiary/aromatic N) is 2. The summed E-state index contributed by atoms with van der Waals surface area (Å²) in [6.45, 7) is 4.04. The van der Waals surface area contributed by atoms with E-state index in [9.17, 15) is 4.79 Å². The highest BCUT2D eigenvalue weighted by atomic mass is 16.5. The van der Waals surface area contributed by atoms with Crippen molar-refractivity contribution in [2.24, 2.45) is 0 Å². The number of carbonyl (C=O) groups is 1. The predicted molar refractivity (Wildman–Crippen MR) is 103 cm³/mol. The zero-order chi connectivity index (χ0) is 19.9. The highest BCUT2D eigenvalue weighted by Gasteiger charge is 2.14. The highest BCUT2D eigenvalue weighted by molar-refractivity contribution is 5.88. The van der Waals surface area contributed by atoms with E-state index in [4.69, 9.17) is 14.0 Å². The van der Waals surface area contributed by atoms with Crippen molar-refractivity contribution in [2.45, 2.75) is 26.5 Å². The van der Waals surface area contributed by atoms with Crippen LogP contribution in [0, 0.1) is 6.92 Å². The first-order valence-electron chi connectivity index (χ1n) is 8.75. The zero-order valence-electron chi connectivity index (χ0n) is 15.9. The van der Waals surface area contributed by atoms with Gasteiger partial charge in [0.2, 0.25) is 0 Å². The molecule has 0 spiro atoms. The van der Waals surface area contributed by atoms with Gasteiger partial charge in [-0.1, -0.05) is 11.2 Å². The van der Waals surface area contributed by atoms with Gasteiger partial charge in [-0.2, -0.15) is 0 Å². The first-order chi connectivity index (χ1) is 13.5. The molecule has 0 bridgehead atoms. The molecule has 1 atom stereocenters. The molecule has 146 valence electrons. The molecule has 0 fully saturated rings. The van der Waals surface area contributed by atoms with Crippen molar-refractivity contribution in [3.8, 4) is 11.5 Å². The van der Waals surface area contributed by atoms with Gasteiger partial charge >= 0.3 is 6.03 Å². The maximum absolute atomic E-state index is 12.1. The van der Waals surface area contributed by atoms with Gasteiger partial charge in [0.15, 0.2) is 17.3 Å². The molecule has 2 aromatic heterocycles. The summed E-state index contributed by atoms with van der Waals surface area (Å²) in [5, 5.41) is 9.21. The van der Waals surface area contributed by atoms with E-state index in [0.29, 0.717) is 29.7 Å². The lowest BCUT2D eigenvalue weighted by Crippen LogP contribution is -2.31. The molecule has 1 aromatic carbocycles. The van der Waals surface area contributed by atoms with Crippen LogP contribution in [0.25, 0.3) is 0 Å². The van der Waals surface area contributed by atoms with E-state index in [1.165, 1.54) is 0 Å². The van der Waals surface area contributed by atoms with Crippen LogP contribution in [-0.4, -0.2) is 23.3 Å². The van der Waals surface area contributed by atoms with Crippen LogP contribution in [0.15, 0.2) is 53.3 Å². The van der Waals surface area contributed by atoms with Crippen LogP contribution in [0.5, 0.6) is 11.5 Å². The first kappa shape index (κ1) is 19.2. The Bertz CT molecular complexity index is 927. The van der Waals surface area contributed by atoms with Gasteiger partial charge in [0, 0.05) is 18.5 Å². The third kappa shape index (κ3) is 5.00. The van der Waals surface area contributed by atoms with E-state index in [0.717, 1.165) is 11.1 Å². The number of pyridine rings is 1. The molecule has 0 saturated carbocycles. The predicted octanol–water partition coefficient (Wildman–Crippen LogP) is 3.85. The molecule has 2 N–H and O–H groups in total. The number of anilines is 1. The van der Waals surface area contributed by atoms with Gasteiger partial charge in [-0.05, 0) is 49.2 Å². The van der Waals surface area contributed by atoms with Crippen molar-refractivity contribution >= 4 is 11.8 Å². The Kier molecular flexibility index (Phi) is 6.11. The highest BCUT2D eigenvalue weighted by Crippen LogP contribution is 2.31. The van der Waals surface area contributed by atoms with Crippen LogP contribution in [0.2, 0.25) is 0 Å². The molecule has 0 radical (unpaired) electrons. The molecular formula is C20H22N4O4. The summed E-state index contributed by atoms with van der Waals surface area (Å²) in [7, 11) is 1.58. The minimum atomic E-state index is -0.377. The number of aromatic nitrogens is 2. The van der Waals surface area contributed by atoms with Crippen molar-refractivity contribution in [3.63, 3.8) is 0 Å². The summed E-state index contributed by atoms with van der Waals surface area (Å²) in [6.07, 6.45) is 3.44. The molecule has 2 heterocycles. The fraction of sp³-hybridized carbons (Fsp3) is 0.250. The lowest BCUT2D eigenvalue weighted by atomic mass is 10.1. The molecule has 8 nitrogen and oxygen atoms in total. The van der Waals surface area contributed by atoms with E-state index in [1.54, 1.807) is 32.5 Å². The van der Waals surface area contributed by atoms with Crippen LogP contribution in [-0.2, 0) is 6.61 Å². The Labute approximate surface area is 162 Å². The first-order valence-corrected chi connectivity index (χ1v) is 8.75. The standard InChI is InChI=1S/C20H22N4O4/c1-13-10-19(24-28-13)23-20(25)22-14(2)16-4-5-17(18(11-16)26-3)27-12-15-6-8-21-9-7-15/h4-11,14H,12H2,1-3H3,(H2,22,23,24,25)/t14-/m0/s1. The number of rotatable bonds is 7. The molecule has 0 aliphatic rings. The second-order valence-corrected chi connectivity index (χ2v) is 6.20. The quantitative estimate of drug-likeness (QED) is 0.644. The van der Waals surface area contributed by atoms with Crippen molar-refractivity contribution in [1.82, 2.24) is 15.5 Å². The smallest absolute Gasteiger partial charge is 0.320 e. The van der Waals surface area contributed by atoms with Crippen molar-refractivity contribution < 1.29 is 18.8 Å². The van der Waals surface area contributed by atoms with Gasteiger partial charge in [-0.25, -0.2) is 4.79 Å². The van der Waals surface area contributed by atoms with Crippen molar-refractivity contribution in [1.29, 1.82) is 0 Å². The average Bonchev–Trinajstić information content (AvgIpc) is 3.11. The Balaban J connectivity index is 1.62. The van der Waals surface area contributed by atoms with Crippen LogP contribution >= 0.6 is 0 Å². The number of nitrogens with one attached hydrogen (secondary N) is 2. The van der Waals surface area contributed by atoms with E-state index < -0.39 is 0 Å². The summed E-state index contributed by atoms with van der Waals surface area (Å²) in [5.74, 6) is 2.20. The van der Waals surface area contributed by atoms with Gasteiger partial charge in [0.25, 0.3) is 0 Å². The third-order valence-corrected chi connectivity index (χ3v) is 4.05. The number of aryl methyl sites for hydroxylation is 1. The monoisotopic (exact) mass is 382 g/mol. The molecule has 0 saturated heterocycles. The Morgan fingerprint density at radius 1 is 1.18 bits per heavy atom.